The van der Waals surface area contributed by atoms with Crippen molar-refractivity contribution < 1.29 is 4.74 Å². The quantitative estimate of drug-likeness (QED) is 0.755. The molecule has 1 aliphatic rings. The van der Waals surface area contributed by atoms with E-state index in [9.17, 15) is 0 Å². The van der Waals surface area contributed by atoms with Crippen molar-refractivity contribution in [2.75, 3.05) is 25.1 Å². The topological polar surface area (TPSA) is 47.0 Å². The van der Waals surface area contributed by atoms with Crippen LogP contribution in [0.15, 0.2) is 6.07 Å². The largest absolute Gasteiger partial charge is 0.379 e. The van der Waals surface area contributed by atoms with Gasteiger partial charge in [-0.25, -0.2) is 9.97 Å². The summed E-state index contributed by atoms with van der Waals surface area (Å²) in [6.07, 6.45) is 2.68. The first kappa shape index (κ1) is 13.3. The van der Waals surface area contributed by atoms with Gasteiger partial charge in [0.05, 0.1) is 6.61 Å². The standard InChI is InChI=1S/C14H23N3O/c1-10(2)13-8-11(3)16-14(17-13)15-6-7-18-9-12-4-5-12/h8,10,12H,4-7,9H2,1-3H3,(H,15,16,17). The van der Waals surface area contributed by atoms with Gasteiger partial charge in [0.25, 0.3) is 0 Å². The minimum atomic E-state index is 0.429. The highest BCUT2D eigenvalue weighted by Gasteiger charge is 2.20. The smallest absolute Gasteiger partial charge is 0.223 e. The molecule has 1 N–H and O–H groups in total. The van der Waals surface area contributed by atoms with Crippen molar-refractivity contribution in [2.45, 2.75) is 39.5 Å². The molecule has 0 radical (unpaired) electrons. The highest BCUT2D eigenvalue weighted by atomic mass is 16.5. The highest BCUT2D eigenvalue weighted by Crippen LogP contribution is 2.28. The summed E-state index contributed by atoms with van der Waals surface area (Å²) in [5.74, 6) is 1.97. The maximum absolute atomic E-state index is 5.57. The zero-order chi connectivity index (χ0) is 13.0. The van der Waals surface area contributed by atoms with Gasteiger partial charge in [-0.05, 0) is 37.7 Å². The molecule has 0 aromatic carbocycles. The number of aromatic nitrogens is 2. The molecule has 4 heteroatoms. The lowest BCUT2D eigenvalue weighted by molar-refractivity contribution is 0.133. The molecule has 0 aliphatic heterocycles. The molecule has 1 heterocycles. The summed E-state index contributed by atoms with van der Waals surface area (Å²) in [5, 5.41) is 3.23. The Labute approximate surface area is 109 Å². The SMILES string of the molecule is Cc1cc(C(C)C)nc(NCCOCC2CC2)n1. The van der Waals surface area contributed by atoms with Crippen molar-refractivity contribution in [1.29, 1.82) is 0 Å². The van der Waals surface area contributed by atoms with Crippen LogP contribution in [0.5, 0.6) is 0 Å². The molecule has 1 saturated carbocycles. The van der Waals surface area contributed by atoms with Gasteiger partial charge in [0.2, 0.25) is 5.95 Å². The van der Waals surface area contributed by atoms with Gasteiger partial charge in [0, 0.05) is 24.5 Å². The Kier molecular flexibility index (Phi) is 4.53. The van der Waals surface area contributed by atoms with E-state index in [1.807, 2.05) is 13.0 Å². The van der Waals surface area contributed by atoms with Gasteiger partial charge in [0.1, 0.15) is 0 Å². The summed E-state index contributed by atoms with van der Waals surface area (Å²) in [7, 11) is 0. The molecule has 1 aliphatic carbocycles. The van der Waals surface area contributed by atoms with Gasteiger partial charge in [-0.2, -0.15) is 0 Å². The molecule has 2 rings (SSSR count). The van der Waals surface area contributed by atoms with E-state index in [1.54, 1.807) is 0 Å². The third-order valence-electron chi connectivity index (χ3n) is 3.05. The average molecular weight is 249 g/mol. The first-order valence-corrected chi connectivity index (χ1v) is 6.82. The van der Waals surface area contributed by atoms with E-state index in [2.05, 4.69) is 29.1 Å². The second-order valence-corrected chi connectivity index (χ2v) is 5.36. The normalized spacial score (nSPS) is 15.1. The first-order chi connectivity index (χ1) is 8.65. The molecular weight excluding hydrogens is 226 g/mol. The van der Waals surface area contributed by atoms with Crippen LogP contribution in [0.2, 0.25) is 0 Å². The zero-order valence-electron chi connectivity index (χ0n) is 11.6. The summed E-state index contributed by atoms with van der Waals surface area (Å²) >= 11 is 0. The van der Waals surface area contributed by atoms with E-state index in [4.69, 9.17) is 4.74 Å². The number of hydrogen-bond acceptors (Lipinski definition) is 4. The van der Waals surface area contributed by atoms with Crippen molar-refractivity contribution in [3.63, 3.8) is 0 Å². The molecule has 4 nitrogen and oxygen atoms in total. The highest BCUT2D eigenvalue weighted by molar-refractivity contribution is 5.28. The maximum atomic E-state index is 5.57. The van der Waals surface area contributed by atoms with Gasteiger partial charge in [-0.1, -0.05) is 13.8 Å². The van der Waals surface area contributed by atoms with Gasteiger partial charge in [0.15, 0.2) is 0 Å². The van der Waals surface area contributed by atoms with Gasteiger partial charge in [-0.15, -0.1) is 0 Å². The van der Waals surface area contributed by atoms with Crippen LogP contribution in [0, 0.1) is 12.8 Å². The minimum Gasteiger partial charge on any atom is -0.379 e. The van der Waals surface area contributed by atoms with Crippen molar-refractivity contribution in [3.8, 4) is 0 Å². The Morgan fingerprint density at radius 1 is 1.39 bits per heavy atom. The van der Waals surface area contributed by atoms with Crippen LogP contribution < -0.4 is 5.32 Å². The zero-order valence-corrected chi connectivity index (χ0v) is 11.6. The number of aryl methyl sites for hydroxylation is 1. The van der Waals surface area contributed by atoms with E-state index in [1.165, 1.54) is 12.8 Å². The molecule has 0 unspecified atom stereocenters. The molecule has 0 spiro atoms. The van der Waals surface area contributed by atoms with Crippen LogP contribution in [-0.2, 0) is 4.74 Å². The van der Waals surface area contributed by atoms with Crippen molar-refractivity contribution >= 4 is 5.95 Å². The number of rotatable bonds is 7. The summed E-state index contributed by atoms with van der Waals surface area (Å²) < 4.78 is 5.57. The lowest BCUT2D eigenvalue weighted by Gasteiger charge is -2.10. The van der Waals surface area contributed by atoms with Crippen LogP contribution in [0.4, 0.5) is 5.95 Å². The summed E-state index contributed by atoms with van der Waals surface area (Å²) in [6.45, 7) is 8.70. The fourth-order valence-corrected chi connectivity index (χ4v) is 1.74. The monoisotopic (exact) mass is 249 g/mol. The van der Waals surface area contributed by atoms with Crippen LogP contribution in [0.1, 0.15) is 44.0 Å². The van der Waals surface area contributed by atoms with Gasteiger partial charge in [-0.3, -0.25) is 0 Å². The predicted molar refractivity (Wildman–Crippen MR) is 72.9 cm³/mol. The number of ether oxygens (including phenoxy) is 1. The molecular formula is C14H23N3O. The number of nitrogens with one attached hydrogen (secondary N) is 1. The fourth-order valence-electron chi connectivity index (χ4n) is 1.74. The van der Waals surface area contributed by atoms with E-state index < -0.39 is 0 Å². The van der Waals surface area contributed by atoms with E-state index in [0.717, 1.165) is 37.1 Å². The molecule has 0 saturated heterocycles. The first-order valence-electron chi connectivity index (χ1n) is 6.82. The lowest BCUT2D eigenvalue weighted by Crippen LogP contribution is -2.13. The maximum Gasteiger partial charge on any atom is 0.223 e. The number of anilines is 1. The van der Waals surface area contributed by atoms with Crippen LogP contribution in [-0.4, -0.2) is 29.7 Å². The van der Waals surface area contributed by atoms with Gasteiger partial charge >= 0.3 is 0 Å². The molecule has 1 aromatic rings. The van der Waals surface area contributed by atoms with Crippen LogP contribution in [0.25, 0.3) is 0 Å². The average Bonchev–Trinajstić information content (AvgIpc) is 3.12. The molecule has 1 fully saturated rings. The fraction of sp³-hybridized carbons (Fsp3) is 0.714. The Morgan fingerprint density at radius 2 is 2.17 bits per heavy atom. The van der Waals surface area contributed by atoms with Crippen LogP contribution in [0.3, 0.4) is 0 Å². The van der Waals surface area contributed by atoms with E-state index in [0.29, 0.717) is 11.9 Å². The second kappa shape index (κ2) is 6.14. The second-order valence-electron chi connectivity index (χ2n) is 5.36. The molecule has 1 aromatic heterocycles. The predicted octanol–water partition coefficient (Wildman–Crippen LogP) is 2.75. The minimum absolute atomic E-state index is 0.429. The van der Waals surface area contributed by atoms with Crippen LogP contribution >= 0.6 is 0 Å². The molecule has 18 heavy (non-hydrogen) atoms. The molecule has 100 valence electrons. The Balaban J connectivity index is 1.76. The number of nitrogens with zero attached hydrogens (tertiary/aromatic N) is 2. The van der Waals surface area contributed by atoms with E-state index in [-0.39, 0.29) is 0 Å². The number of hydrogen-bond donors (Lipinski definition) is 1. The molecule has 0 amide bonds. The summed E-state index contributed by atoms with van der Waals surface area (Å²) in [5.41, 5.74) is 2.10. The summed E-state index contributed by atoms with van der Waals surface area (Å²) in [4.78, 5) is 8.88. The Morgan fingerprint density at radius 3 is 2.83 bits per heavy atom. The van der Waals surface area contributed by atoms with E-state index >= 15 is 0 Å². The Bertz CT molecular complexity index is 389. The molecule has 0 atom stereocenters. The molecule has 0 bridgehead atoms. The van der Waals surface area contributed by atoms with Gasteiger partial charge < -0.3 is 10.1 Å². The van der Waals surface area contributed by atoms with Crippen molar-refractivity contribution in [3.05, 3.63) is 17.5 Å². The van der Waals surface area contributed by atoms with Crippen molar-refractivity contribution in [1.82, 2.24) is 9.97 Å². The summed E-state index contributed by atoms with van der Waals surface area (Å²) in [6, 6.07) is 2.04. The van der Waals surface area contributed by atoms with Crippen molar-refractivity contribution in [2.24, 2.45) is 5.92 Å². The lowest BCUT2D eigenvalue weighted by atomic mass is 10.1. The third-order valence-corrected chi connectivity index (χ3v) is 3.05. The third kappa shape index (κ3) is 4.26. The Hall–Kier alpha value is -1.16.